The number of carbonyl (C=O) groups excluding carboxylic acids is 2. The maximum absolute atomic E-state index is 12.4. The molecule has 5 nitrogen and oxygen atoms in total. The molecule has 1 heterocycles. The van der Waals surface area contributed by atoms with Crippen molar-refractivity contribution in [2.75, 3.05) is 26.7 Å². The van der Waals surface area contributed by atoms with E-state index in [1.54, 1.807) is 11.9 Å². The Morgan fingerprint density at radius 1 is 1.44 bits per heavy atom. The second-order valence-corrected chi connectivity index (χ2v) is 5.44. The van der Waals surface area contributed by atoms with Crippen molar-refractivity contribution >= 4 is 11.8 Å². The summed E-state index contributed by atoms with van der Waals surface area (Å²) in [6.07, 6.45) is 1.67. The Balaban J connectivity index is 2.57. The van der Waals surface area contributed by atoms with Crippen LogP contribution in [-0.2, 0) is 9.59 Å². The van der Waals surface area contributed by atoms with Gasteiger partial charge in [0.1, 0.15) is 0 Å². The van der Waals surface area contributed by atoms with E-state index in [4.69, 9.17) is 0 Å². The van der Waals surface area contributed by atoms with E-state index in [9.17, 15) is 9.59 Å². The van der Waals surface area contributed by atoms with Crippen LogP contribution in [0.25, 0.3) is 0 Å². The summed E-state index contributed by atoms with van der Waals surface area (Å²) >= 11 is 0. The minimum atomic E-state index is -0.313. The standard InChI is InChI=1S/C13H25N3O2/c1-5-13(6-7-14-9-13)12(18)16(4)8-11(17)15-10(2)3/h10,14H,5-9H2,1-4H3,(H,15,17). The van der Waals surface area contributed by atoms with Crippen LogP contribution in [0.5, 0.6) is 0 Å². The Morgan fingerprint density at radius 3 is 2.56 bits per heavy atom. The summed E-state index contributed by atoms with van der Waals surface area (Å²) in [7, 11) is 1.71. The van der Waals surface area contributed by atoms with E-state index in [0.717, 1.165) is 25.9 Å². The molecular formula is C13H25N3O2. The molecule has 0 aromatic heterocycles. The topological polar surface area (TPSA) is 61.4 Å². The van der Waals surface area contributed by atoms with Gasteiger partial charge in [-0.25, -0.2) is 0 Å². The van der Waals surface area contributed by atoms with E-state index in [1.165, 1.54) is 0 Å². The van der Waals surface area contributed by atoms with Gasteiger partial charge in [-0.05, 0) is 33.2 Å². The van der Waals surface area contributed by atoms with Crippen LogP contribution in [0.4, 0.5) is 0 Å². The van der Waals surface area contributed by atoms with E-state index >= 15 is 0 Å². The predicted octanol–water partition coefficient (Wildman–Crippen LogP) is 0.359. The van der Waals surface area contributed by atoms with Crippen molar-refractivity contribution in [3.8, 4) is 0 Å². The molecule has 1 aliphatic rings. The monoisotopic (exact) mass is 255 g/mol. The molecule has 0 aliphatic carbocycles. The Bertz CT molecular complexity index is 309. The number of amides is 2. The van der Waals surface area contributed by atoms with Crippen molar-refractivity contribution in [2.24, 2.45) is 5.41 Å². The molecule has 0 spiro atoms. The number of hydrogen-bond donors (Lipinski definition) is 2. The molecule has 1 saturated heterocycles. The molecule has 0 saturated carbocycles. The summed E-state index contributed by atoms with van der Waals surface area (Å²) in [5, 5.41) is 6.04. The van der Waals surface area contributed by atoms with Crippen molar-refractivity contribution in [3.05, 3.63) is 0 Å². The van der Waals surface area contributed by atoms with Gasteiger partial charge in [0, 0.05) is 19.6 Å². The molecule has 5 heteroatoms. The van der Waals surface area contributed by atoms with Crippen molar-refractivity contribution in [2.45, 2.75) is 39.7 Å². The quantitative estimate of drug-likeness (QED) is 0.745. The molecule has 0 aromatic carbocycles. The normalized spacial score (nSPS) is 23.2. The second-order valence-electron chi connectivity index (χ2n) is 5.44. The van der Waals surface area contributed by atoms with Gasteiger partial charge >= 0.3 is 0 Å². The number of nitrogens with zero attached hydrogens (tertiary/aromatic N) is 1. The van der Waals surface area contributed by atoms with Gasteiger partial charge in [-0.2, -0.15) is 0 Å². The van der Waals surface area contributed by atoms with E-state index in [-0.39, 0.29) is 29.8 Å². The lowest BCUT2D eigenvalue weighted by atomic mass is 9.83. The average molecular weight is 255 g/mol. The molecule has 0 bridgehead atoms. The SMILES string of the molecule is CCC1(C(=O)N(C)CC(=O)NC(C)C)CCNC1. The Kier molecular flexibility index (Phi) is 5.14. The van der Waals surface area contributed by atoms with E-state index in [2.05, 4.69) is 10.6 Å². The third-order valence-corrected chi connectivity index (χ3v) is 3.55. The summed E-state index contributed by atoms with van der Waals surface area (Å²) in [6.45, 7) is 7.60. The fourth-order valence-electron chi connectivity index (χ4n) is 2.44. The van der Waals surface area contributed by atoms with Crippen molar-refractivity contribution < 1.29 is 9.59 Å². The molecule has 104 valence electrons. The molecule has 2 N–H and O–H groups in total. The maximum Gasteiger partial charge on any atom is 0.239 e. The Labute approximate surface area is 109 Å². The zero-order valence-electron chi connectivity index (χ0n) is 11.9. The van der Waals surface area contributed by atoms with Gasteiger partial charge in [0.25, 0.3) is 0 Å². The van der Waals surface area contributed by atoms with E-state index in [0.29, 0.717) is 0 Å². The van der Waals surface area contributed by atoms with Gasteiger partial charge in [0.15, 0.2) is 0 Å². The molecule has 0 aromatic rings. The van der Waals surface area contributed by atoms with Crippen LogP contribution in [0.1, 0.15) is 33.6 Å². The van der Waals surface area contributed by atoms with Crippen molar-refractivity contribution in [1.29, 1.82) is 0 Å². The largest absolute Gasteiger partial charge is 0.352 e. The first-order valence-electron chi connectivity index (χ1n) is 6.67. The van der Waals surface area contributed by atoms with Gasteiger partial charge in [-0.3, -0.25) is 9.59 Å². The Morgan fingerprint density at radius 2 is 2.11 bits per heavy atom. The first kappa shape index (κ1) is 15.0. The highest BCUT2D eigenvalue weighted by atomic mass is 16.2. The zero-order valence-corrected chi connectivity index (χ0v) is 11.9. The van der Waals surface area contributed by atoms with Crippen LogP contribution in [0.2, 0.25) is 0 Å². The molecule has 1 atom stereocenters. The van der Waals surface area contributed by atoms with Gasteiger partial charge in [0.05, 0.1) is 12.0 Å². The lowest BCUT2D eigenvalue weighted by Gasteiger charge is -2.30. The highest BCUT2D eigenvalue weighted by molar-refractivity contribution is 5.88. The number of nitrogens with one attached hydrogen (secondary N) is 2. The summed E-state index contributed by atoms with van der Waals surface area (Å²) in [6, 6.07) is 0.106. The molecule has 0 radical (unpaired) electrons. The molecule has 1 aliphatic heterocycles. The van der Waals surface area contributed by atoms with Gasteiger partial charge < -0.3 is 15.5 Å². The van der Waals surface area contributed by atoms with Crippen LogP contribution in [0.3, 0.4) is 0 Å². The molecule has 1 fully saturated rings. The van der Waals surface area contributed by atoms with Crippen molar-refractivity contribution in [1.82, 2.24) is 15.5 Å². The van der Waals surface area contributed by atoms with Crippen LogP contribution in [-0.4, -0.2) is 49.4 Å². The van der Waals surface area contributed by atoms with E-state index in [1.807, 2.05) is 20.8 Å². The lowest BCUT2D eigenvalue weighted by molar-refractivity contribution is -0.143. The van der Waals surface area contributed by atoms with Crippen LogP contribution < -0.4 is 10.6 Å². The maximum atomic E-state index is 12.4. The average Bonchev–Trinajstić information content (AvgIpc) is 2.76. The third kappa shape index (κ3) is 3.45. The highest BCUT2D eigenvalue weighted by Crippen LogP contribution is 2.31. The van der Waals surface area contributed by atoms with Gasteiger partial charge in [-0.1, -0.05) is 6.92 Å². The predicted molar refractivity (Wildman–Crippen MR) is 71.1 cm³/mol. The lowest BCUT2D eigenvalue weighted by Crippen LogP contribution is -2.47. The number of carbonyl (C=O) groups is 2. The molecule has 18 heavy (non-hydrogen) atoms. The number of likely N-dealkylation sites (N-methyl/N-ethyl adjacent to an activating group) is 1. The Hall–Kier alpha value is -1.10. The van der Waals surface area contributed by atoms with Gasteiger partial charge in [-0.15, -0.1) is 0 Å². The summed E-state index contributed by atoms with van der Waals surface area (Å²) in [4.78, 5) is 25.6. The van der Waals surface area contributed by atoms with E-state index < -0.39 is 0 Å². The first-order valence-corrected chi connectivity index (χ1v) is 6.67. The second kappa shape index (κ2) is 6.18. The molecule has 2 amide bonds. The first-order chi connectivity index (χ1) is 8.41. The fraction of sp³-hybridized carbons (Fsp3) is 0.846. The molecular weight excluding hydrogens is 230 g/mol. The highest BCUT2D eigenvalue weighted by Gasteiger charge is 2.41. The zero-order chi connectivity index (χ0) is 13.8. The smallest absolute Gasteiger partial charge is 0.239 e. The summed E-state index contributed by atoms with van der Waals surface area (Å²) in [5.41, 5.74) is -0.313. The minimum absolute atomic E-state index is 0.0777. The van der Waals surface area contributed by atoms with Crippen LogP contribution in [0.15, 0.2) is 0 Å². The number of hydrogen-bond acceptors (Lipinski definition) is 3. The van der Waals surface area contributed by atoms with Gasteiger partial charge in [0.2, 0.25) is 11.8 Å². The summed E-state index contributed by atoms with van der Waals surface area (Å²) < 4.78 is 0. The fourth-order valence-corrected chi connectivity index (χ4v) is 2.44. The van der Waals surface area contributed by atoms with Crippen molar-refractivity contribution in [3.63, 3.8) is 0 Å². The third-order valence-electron chi connectivity index (χ3n) is 3.55. The number of rotatable bonds is 5. The van der Waals surface area contributed by atoms with Crippen LogP contribution >= 0.6 is 0 Å². The van der Waals surface area contributed by atoms with Crippen LogP contribution in [0, 0.1) is 5.41 Å². The molecule has 1 unspecified atom stereocenters. The summed E-state index contributed by atoms with van der Waals surface area (Å²) in [5.74, 6) is -0.0213. The minimum Gasteiger partial charge on any atom is -0.352 e. The molecule has 1 rings (SSSR count).